The molecule has 0 aliphatic heterocycles. The smallest absolute Gasteiger partial charge is 0.271 e. The minimum absolute atomic E-state index is 0.242. The highest BCUT2D eigenvalue weighted by molar-refractivity contribution is 5.92. The molecule has 1 amide bonds. The predicted molar refractivity (Wildman–Crippen MR) is 64.5 cm³/mol. The first kappa shape index (κ1) is 13.4. The van der Waals surface area contributed by atoms with E-state index in [1.54, 1.807) is 0 Å². The Morgan fingerprint density at radius 2 is 2.18 bits per heavy atom. The summed E-state index contributed by atoms with van der Waals surface area (Å²) in [5.74, 6) is 0.00137. The molecule has 0 radical (unpaired) electrons. The number of hydrogen-bond acceptors (Lipinski definition) is 5. The molecule has 3 N–H and O–H groups in total. The van der Waals surface area contributed by atoms with Gasteiger partial charge in [-0.1, -0.05) is 0 Å². The maximum atomic E-state index is 11.7. The normalized spacial score (nSPS) is 11.2. The van der Waals surface area contributed by atoms with Gasteiger partial charge in [-0.15, -0.1) is 0 Å². The SMILES string of the molecule is CCOC(C)(C)CNC(=O)c1cnc(N)cn1. The lowest BCUT2D eigenvalue weighted by atomic mass is 10.1. The lowest BCUT2D eigenvalue weighted by Crippen LogP contribution is -2.40. The van der Waals surface area contributed by atoms with E-state index in [1.807, 2.05) is 20.8 Å². The van der Waals surface area contributed by atoms with E-state index in [0.717, 1.165) is 0 Å². The van der Waals surface area contributed by atoms with Crippen molar-refractivity contribution in [3.05, 3.63) is 18.1 Å². The van der Waals surface area contributed by atoms with Gasteiger partial charge in [0.1, 0.15) is 11.5 Å². The maximum absolute atomic E-state index is 11.7. The number of rotatable bonds is 5. The topological polar surface area (TPSA) is 90.1 Å². The van der Waals surface area contributed by atoms with Crippen LogP contribution in [0, 0.1) is 0 Å². The van der Waals surface area contributed by atoms with Crippen LogP contribution in [0.5, 0.6) is 0 Å². The van der Waals surface area contributed by atoms with Crippen molar-refractivity contribution in [3.63, 3.8) is 0 Å². The van der Waals surface area contributed by atoms with Gasteiger partial charge in [0.05, 0.1) is 18.0 Å². The molecule has 6 nitrogen and oxygen atoms in total. The van der Waals surface area contributed by atoms with Crippen molar-refractivity contribution in [2.45, 2.75) is 26.4 Å². The lowest BCUT2D eigenvalue weighted by molar-refractivity contribution is -0.00818. The summed E-state index contributed by atoms with van der Waals surface area (Å²) >= 11 is 0. The highest BCUT2D eigenvalue weighted by Gasteiger charge is 2.19. The van der Waals surface area contributed by atoms with E-state index in [0.29, 0.717) is 13.2 Å². The van der Waals surface area contributed by atoms with Crippen LogP contribution in [0.3, 0.4) is 0 Å². The number of carbonyl (C=O) groups is 1. The number of aromatic nitrogens is 2. The third kappa shape index (κ3) is 4.36. The van der Waals surface area contributed by atoms with Crippen molar-refractivity contribution < 1.29 is 9.53 Å². The Bertz CT molecular complexity index is 376. The monoisotopic (exact) mass is 238 g/mol. The largest absolute Gasteiger partial charge is 0.382 e. The van der Waals surface area contributed by atoms with Crippen molar-refractivity contribution in [1.29, 1.82) is 0 Å². The molecule has 0 aliphatic carbocycles. The van der Waals surface area contributed by atoms with Gasteiger partial charge >= 0.3 is 0 Å². The van der Waals surface area contributed by atoms with Gasteiger partial charge in [-0.3, -0.25) is 4.79 Å². The van der Waals surface area contributed by atoms with Crippen LogP contribution in [0.25, 0.3) is 0 Å². The van der Waals surface area contributed by atoms with Crippen LogP contribution in [-0.2, 0) is 4.74 Å². The molecular weight excluding hydrogens is 220 g/mol. The Morgan fingerprint density at radius 3 is 2.71 bits per heavy atom. The Kier molecular flexibility index (Phi) is 4.39. The number of amides is 1. The third-order valence-electron chi connectivity index (χ3n) is 2.11. The second kappa shape index (κ2) is 5.58. The van der Waals surface area contributed by atoms with Gasteiger partial charge in [0.25, 0.3) is 5.91 Å². The van der Waals surface area contributed by atoms with Crippen LogP contribution < -0.4 is 11.1 Å². The first-order valence-electron chi connectivity index (χ1n) is 5.44. The minimum Gasteiger partial charge on any atom is -0.382 e. The standard InChI is InChI=1S/C11H18N4O2/c1-4-17-11(2,3)7-15-10(16)8-5-14-9(12)6-13-8/h5-6H,4,7H2,1-3H3,(H2,12,14)(H,15,16). The molecule has 94 valence electrons. The number of hydrogen-bond donors (Lipinski definition) is 2. The second-order valence-corrected chi connectivity index (χ2v) is 4.20. The number of nitrogen functional groups attached to an aromatic ring is 1. The van der Waals surface area contributed by atoms with Gasteiger partial charge in [0.15, 0.2) is 0 Å². The fourth-order valence-corrected chi connectivity index (χ4v) is 1.28. The van der Waals surface area contributed by atoms with Gasteiger partial charge in [-0.05, 0) is 20.8 Å². The molecule has 0 aliphatic rings. The molecule has 0 atom stereocenters. The average molecular weight is 238 g/mol. The summed E-state index contributed by atoms with van der Waals surface area (Å²) < 4.78 is 5.46. The summed E-state index contributed by atoms with van der Waals surface area (Å²) in [5, 5.41) is 2.74. The predicted octanol–water partition coefficient (Wildman–Crippen LogP) is 0.604. The molecule has 0 saturated carbocycles. The molecule has 1 rings (SSSR count). The number of nitrogens with zero attached hydrogens (tertiary/aromatic N) is 2. The molecule has 1 aromatic rings. The Morgan fingerprint density at radius 1 is 1.47 bits per heavy atom. The van der Waals surface area contributed by atoms with Crippen LogP contribution in [0.2, 0.25) is 0 Å². The van der Waals surface area contributed by atoms with Gasteiger partial charge in [0.2, 0.25) is 0 Å². The highest BCUT2D eigenvalue weighted by atomic mass is 16.5. The van der Waals surface area contributed by atoms with Crippen LogP contribution >= 0.6 is 0 Å². The summed E-state index contributed by atoms with van der Waals surface area (Å²) in [7, 11) is 0. The van der Waals surface area contributed by atoms with E-state index in [9.17, 15) is 4.79 Å². The van der Waals surface area contributed by atoms with Crippen LogP contribution in [0.4, 0.5) is 5.82 Å². The minimum atomic E-state index is -0.397. The first-order valence-corrected chi connectivity index (χ1v) is 5.44. The molecule has 0 bridgehead atoms. The molecule has 0 fully saturated rings. The van der Waals surface area contributed by atoms with Crippen molar-refractivity contribution in [1.82, 2.24) is 15.3 Å². The molecule has 1 heterocycles. The quantitative estimate of drug-likeness (QED) is 0.784. The first-order chi connectivity index (χ1) is 7.94. The zero-order valence-corrected chi connectivity index (χ0v) is 10.4. The van der Waals surface area contributed by atoms with Crippen LogP contribution in [0.1, 0.15) is 31.3 Å². The number of anilines is 1. The third-order valence-corrected chi connectivity index (χ3v) is 2.11. The van der Waals surface area contributed by atoms with E-state index in [-0.39, 0.29) is 17.4 Å². The molecule has 0 aromatic carbocycles. The number of carbonyl (C=O) groups excluding carboxylic acids is 1. The van der Waals surface area contributed by atoms with E-state index < -0.39 is 5.60 Å². The zero-order valence-electron chi connectivity index (χ0n) is 10.4. The van der Waals surface area contributed by atoms with Gasteiger partial charge in [-0.2, -0.15) is 0 Å². The fourth-order valence-electron chi connectivity index (χ4n) is 1.28. The molecule has 6 heteroatoms. The van der Waals surface area contributed by atoms with E-state index in [4.69, 9.17) is 10.5 Å². The fraction of sp³-hybridized carbons (Fsp3) is 0.545. The molecule has 17 heavy (non-hydrogen) atoms. The zero-order chi connectivity index (χ0) is 12.9. The van der Waals surface area contributed by atoms with Gasteiger partial charge in [0, 0.05) is 13.2 Å². The number of nitrogens with one attached hydrogen (secondary N) is 1. The Balaban J connectivity index is 2.53. The Labute approximate surface area is 101 Å². The van der Waals surface area contributed by atoms with Crippen molar-refractivity contribution in [2.75, 3.05) is 18.9 Å². The van der Waals surface area contributed by atoms with Crippen molar-refractivity contribution in [3.8, 4) is 0 Å². The summed E-state index contributed by atoms with van der Waals surface area (Å²) in [6, 6.07) is 0. The number of nitrogens with two attached hydrogens (primary N) is 1. The summed E-state index contributed by atoms with van der Waals surface area (Å²) in [4.78, 5) is 19.4. The van der Waals surface area contributed by atoms with E-state index in [1.165, 1.54) is 12.4 Å². The molecule has 1 aromatic heterocycles. The summed E-state index contributed by atoms with van der Waals surface area (Å²) in [6.07, 6.45) is 2.70. The Hall–Kier alpha value is -1.69. The van der Waals surface area contributed by atoms with Gasteiger partial charge in [-0.25, -0.2) is 9.97 Å². The highest BCUT2D eigenvalue weighted by Crippen LogP contribution is 2.07. The summed E-state index contributed by atoms with van der Waals surface area (Å²) in [5.41, 5.74) is 5.23. The van der Waals surface area contributed by atoms with E-state index >= 15 is 0 Å². The van der Waals surface area contributed by atoms with Crippen LogP contribution in [0.15, 0.2) is 12.4 Å². The van der Waals surface area contributed by atoms with Gasteiger partial charge < -0.3 is 15.8 Å². The summed E-state index contributed by atoms with van der Waals surface area (Å²) in [6.45, 7) is 6.74. The molecule has 0 spiro atoms. The molecule has 0 saturated heterocycles. The van der Waals surface area contributed by atoms with Crippen molar-refractivity contribution in [2.24, 2.45) is 0 Å². The lowest BCUT2D eigenvalue weighted by Gasteiger charge is -2.24. The maximum Gasteiger partial charge on any atom is 0.271 e. The van der Waals surface area contributed by atoms with Crippen LogP contribution in [-0.4, -0.2) is 34.6 Å². The second-order valence-electron chi connectivity index (χ2n) is 4.20. The van der Waals surface area contributed by atoms with Crippen molar-refractivity contribution >= 4 is 11.7 Å². The molecular formula is C11H18N4O2. The average Bonchev–Trinajstić information content (AvgIpc) is 2.27. The number of ether oxygens (including phenoxy) is 1. The molecule has 0 unspecified atom stereocenters. The van der Waals surface area contributed by atoms with E-state index in [2.05, 4.69) is 15.3 Å².